The average Bonchev–Trinajstić information content (AvgIpc) is 0.745. The topological polar surface area (TPSA) is 659 Å². The van der Waals surface area contributed by atoms with Crippen LogP contribution in [0.5, 0.6) is 46.0 Å². The van der Waals surface area contributed by atoms with Gasteiger partial charge in [0.05, 0.1) is 53.5 Å². The number of aliphatic carboxylic acids is 1. The lowest BCUT2D eigenvalue weighted by molar-refractivity contribution is -0.334. The second kappa shape index (κ2) is 44.9. The quantitative estimate of drug-likeness (QED) is 0.0249. The number of aliphatic hydroxyl groups excluding tert-OH is 11. The number of aromatic hydroxyl groups is 3. The second-order valence-corrected chi connectivity index (χ2v) is 34.7. The van der Waals surface area contributed by atoms with Crippen molar-refractivity contribution in [3.8, 4) is 57.1 Å². The molecule has 7 aliphatic heterocycles. The van der Waals surface area contributed by atoms with Gasteiger partial charge in [0, 0.05) is 48.3 Å². The normalized spacial score (nSPS) is 26.3. The van der Waals surface area contributed by atoms with E-state index in [1.807, 2.05) is 24.3 Å². The average molecular weight is 1890 g/mol. The van der Waals surface area contributed by atoms with Crippen LogP contribution in [0.1, 0.15) is 161 Å². The smallest absolute Gasteiger partial charge is 0.330 e. The van der Waals surface area contributed by atoms with Crippen LogP contribution in [0.4, 0.5) is 0 Å². The molecule has 6 aromatic carbocycles. The van der Waals surface area contributed by atoms with E-state index < -0.39 is 297 Å². The minimum atomic E-state index is -2.44. The molecule has 7 heterocycles. The SMILES string of the molecule is CCCCCCc1ccc(CN[C@@]2(C)C[C@H](O[C@H]3[C@H](Oc4c5cc6cc4Oc4ccc(cc4Cl)[C@@H](O)[C@@H](NC(=O)[C@@H](CC(C)C)NC)C(=O)N[C@@H](CC(N)=O)C(=O)N[C@H]6C(=O)N[C@H]4C(=O)N[C@H](C(=O)N[C@H](C(=O)O)c6cc(O)c(CNCCCNC(=O)[C@H](O)[C@@H](O)[C@H](O)[C@H](O)CO)c(O)c6-c6cc4ccc6O)[C@H](O)c4ccc(c(Cl)c4)O5)O[C@H](CO)[C@@H](O)[C@@H]3O)O[C@@H](C)[C@H]2O)cc1. The number of hydrogen-bond acceptors (Lipinski definition) is 32. The van der Waals surface area contributed by atoms with Gasteiger partial charge in [-0.25, -0.2) is 4.79 Å². The van der Waals surface area contributed by atoms with E-state index in [1.54, 1.807) is 27.7 Å². The van der Waals surface area contributed by atoms with Gasteiger partial charge in [0.2, 0.25) is 53.4 Å². The predicted molar refractivity (Wildman–Crippen MR) is 467 cm³/mol. The highest BCUT2D eigenvalue weighted by atomic mass is 35.5. The van der Waals surface area contributed by atoms with Crippen LogP contribution in [0.15, 0.2) is 97.1 Å². The highest BCUT2D eigenvalue weighted by Gasteiger charge is 2.53. The third-order valence-electron chi connectivity index (χ3n) is 23.7. The summed E-state index contributed by atoms with van der Waals surface area (Å²) in [5, 5.41) is 194. The van der Waals surface area contributed by atoms with Crippen molar-refractivity contribution in [2.24, 2.45) is 11.7 Å². The van der Waals surface area contributed by atoms with E-state index in [2.05, 4.69) is 60.1 Å². The van der Waals surface area contributed by atoms with Crippen LogP contribution < -0.4 is 73.1 Å². The van der Waals surface area contributed by atoms with E-state index in [9.17, 15) is 95.8 Å². The lowest BCUT2D eigenvalue weighted by atomic mass is 9.84. The fourth-order valence-electron chi connectivity index (χ4n) is 16.2. The zero-order valence-corrected chi connectivity index (χ0v) is 74.2. The maximum Gasteiger partial charge on any atom is 0.330 e. The zero-order valence-electron chi connectivity index (χ0n) is 72.7. The second-order valence-electron chi connectivity index (χ2n) is 33.9. The van der Waals surface area contributed by atoms with Crippen molar-refractivity contribution in [3.05, 3.63) is 152 Å². The number of carbonyl (C=O) groups excluding carboxylic acids is 8. The number of phenolic OH excluding ortho intramolecular Hbond substituents is 3. The van der Waals surface area contributed by atoms with Crippen molar-refractivity contribution in [1.29, 1.82) is 0 Å². The van der Waals surface area contributed by atoms with Gasteiger partial charge in [0.15, 0.2) is 36.0 Å². The van der Waals surface area contributed by atoms with E-state index >= 15 is 24.0 Å². The van der Waals surface area contributed by atoms with Crippen molar-refractivity contribution in [2.75, 3.05) is 33.4 Å². The largest absolute Gasteiger partial charge is 0.507 e. The maximum atomic E-state index is 16.5. The molecule has 0 spiro atoms. The summed E-state index contributed by atoms with van der Waals surface area (Å²) in [5.41, 5.74) is 2.73. The summed E-state index contributed by atoms with van der Waals surface area (Å²) in [6.07, 6.45) is -22.4. The first kappa shape index (κ1) is 102. The summed E-state index contributed by atoms with van der Waals surface area (Å²) in [6, 6.07) is 5.61. The van der Waals surface area contributed by atoms with Gasteiger partial charge in [-0.3, -0.25) is 38.4 Å². The van der Waals surface area contributed by atoms with Crippen LogP contribution in [-0.4, -0.2) is 267 Å². The Bertz CT molecular complexity index is 5160. The third-order valence-corrected chi connectivity index (χ3v) is 24.3. The highest BCUT2D eigenvalue weighted by Crippen LogP contribution is 2.51. The Morgan fingerprint density at radius 1 is 0.659 bits per heavy atom. The van der Waals surface area contributed by atoms with Gasteiger partial charge < -0.3 is 164 Å². The lowest BCUT2D eigenvalue weighted by Crippen LogP contribution is -2.65. The molecule has 2 fully saturated rings. The number of amides is 8. The number of rotatable bonds is 32. The number of fused-ring (bicyclic) bond motifs is 15. The summed E-state index contributed by atoms with van der Waals surface area (Å²) in [4.78, 5) is 133. The fourth-order valence-corrected chi connectivity index (χ4v) is 16.6. The van der Waals surface area contributed by atoms with Crippen LogP contribution in [0, 0.1) is 5.92 Å². The van der Waals surface area contributed by atoms with Gasteiger partial charge in [0.1, 0.15) is 108 Å². The number of primary amides is 1. The molecule has 0 unspecified atom stereocenters. The van der Waals surface area contributed by atoms with Crippen molar-refractivity contribution in [1.82, 2.24) is 53.2 Å². The predicted octanol–water partition coefficient (Wildman–Crippen LogP) is 0.0919. The summed E-state index contributed by atoms with van der Waals surface area (Å²) < 4.78 is 39.6. The number of likely N-dealkylation sites (N-methyl/N-ethyl adjacent to an activating group) is 1. The summed E-state index contributed by atoms with van der Waals surface area (Å²) in [7, 11) is 1.46. The number of aryl methyl sites for hydroxylation is 1. The molecule has 43 heteroatoms. The van der Waals surface area contributed by atoms with Crippen molar-refractivity contribution < 1.29 is 148 Å². The fraction of sp³-hybridized carbons (Fsp3) is 0.494. The lowest BCUT2D eigenvalue weighted by Gasteiger charge is -2.48. The number of carboxylic acids is 1. The Labute approximate surface area is 767 Å². The van der Waals surface area contributed by atoms with Crippen LogP contribution in [-0.2, 0) is 76.9 Å². The molecule has 13 rings (SSSR count). The van der Waals surface area contributed by atoms with E-state index in [0.29, 0.717) is 0 Å². The molecular weight excluding hydrogens is 1770 g/mol. The first-order chi connectivity index (χ1) is 62.7. The third kappa shape index (κ3) is 23.9. The molecule has 27 N–H and O–H groups in total. The molecule has 2 saturated heterocycles. The van der Waals surface area contributed by atoms with E-state index in [-0.39, 0.29) is 61.7 Å². The molecule has 0 radical (unpaired) electrons. The Morgan fingerprint density at radius 3 is 1.90 bits per heavy atom. The van der Waals surface area contributed by atoms with Crippen molar-refractivity contribution in [2.45, 2.75) is 239 Å². The number of carbonyl (C=O) groups is 9. The molecule has 8 amide bonds. The molecule has 0 aliphatic carbocycles. The summed E-state index contributed by atoms with van der Waals surface area (Å²) >= 11 is 14.4. The van der Waals surface area contributed by atoms with Gasteiger partial charge in [-0.15, -0.1) is 0 Å². The maximum absolute atomic E-state index is 16.5. The Kier molecular flexibility index (Phi) is 34.6. The molecule has 11 bridgehead atoms. The number of ether oxygens (including phenoxy) is 6. The number of nitrogens with two attached hydrogens (primary N) is 1. The number of phenols is 3. The van der Waals surface area contributed by atoms with Crippen LogP contribution in [0.2, 0.25) is 10.0 Å². The number of nitrogens with one attached hydrogen (secondary N) is 10. The Balaban J connectivity index is 1.07. The molecule has 718 valence electrons. The van der Waals surface area contributed by atoms with Crippen molar-refractivity contribution >= 4 is 76.4 Å². The van der Waals surface area contributed by atoms with Gasteiger partial charge >= 0.3 is 5.97 Å². The summed E-state index contributed by atoms with van der Waals surface area (Å²) in [6.45, 7) is 6.36. The summed E-state index contributed by atoms with van der Waals surface area (Å²) in [5.74, 6) is -18.2. The van der Waals surface area contributed by atoms with Crippen LogP contribution in [0.25, 0.3) is 11.1 Å². The molecule has 6 aromatic rings. The molecule has 22 atom stereocenters. The van der Waals surface area contributed by atoms with E-state index in [4.69, 9.17) is 57.4 Å². The van der Waals surface area contributed by atoms with Crippen molar-refractivity contribution in [3.63, 3.8) is 0 Å². The molecule has 0 saturated carbocycles. The van der Waals surface area contributed by atoms with Gasteiger partial charge in [-0.2, -0.15) is 0 Å². The van der Waals surface area contributed by atoms with Crippen LogP contribution >= 0.6 is 23.2 Å². The van der Waals surface area contributed by atoms with Gasteiger partial charge in [-0.1, -0.05) is 106 Å². The number of hydrogen-bond donors (Lipinski definition) is 26. The molecule has 41 nitrogen and oxygen atoms in total. The minimum Gasteiger partial charge on any atom is -0.507 e. The molecule has 0 aromatic heterocycles. The monoisotopic (exact) mass is 1890 g/mol. The first-order valence-corrected chi connectivity index (χ1v) is 43.8. The van der Waals surface area contributed by atoms with E-state index in [1.165, 1.54) is 19.2 Å². The standard InChI is InChI=1S/C89H113Cl2N11O30/c1-7-8-9-10-12-40-13-15-41(16-14-40)34-96-89(5)33-62(127-39(4)79(89)117)131-78-75(115)73(113)60(37-104)130-88(78)132-77-58-29-45-30-59(77)129-57-22-19-44(28-50(57)91)70(110)68-85(123)100-66(87(125)126)47-31-54(106)48(35-94-23-11-24-95-86(124)76(116)74(114)72(112)55(107)36-103)71(111)63(47)46-26-42(17-20-53(46)105)64(82(120)102-68)99-83(121)65(45)98-81(119)52(32-61(92)108)97-84(122)67(101-80(118)51(93-6)25-38(2)3)69(109)43-18-21-56(128-58)49(90)27-43/h13-22,26-31,38-39,51-52,55,60,62,64-70,72-76,78-79,88,93-94,96,103-107,109-117H,7-12,23-25,32-37H2,1-6H3,(H2,92,108)(H,95,124)(H,97,122)(H,98,119)(H,99,121)(H,100,123)(H,101,118)(H,102,120)(H,125,126)/t39-,51+,52-,55+,60+,62-,64+,65+,66-,67+,68-,69+,70+,72+,73+,74-,75-,76+,78+,79+,88-,89-/m0/s1. The number of halogens is 2. The Hall–Kier alpha value is -10.8. The number of carboxylic acid groups (broad SMARTS) is 1. The number of aliphatic hydroxyl groups is 11. The number of unbranched alkanes of at least 4 members (excludes halogenated alkanes) is 3. The highest BCUT2D eigenvalue weighted by molar-refractivity contribution is 6.32. The molecule has 7 aliphatic rings. The molecular formula is C89H113Cl2N11O30. The minimum absolute atomic E-state index is 0.0156. The van der Waals surface area contributed by atoms with Crippen LogP contribution in [0.3, 0.4) is 0 Å². The molecule has 132 heavy (non-hydrogen) atoms. The Morgan fingerprint density at radius 2 is 1.29 bits per heavy atom. The van der Waals surface area contributed by atoms with Gasteiger partial charge in [0.25, 0.3) is 5.91 Å². The first-order valence-electron chi connectivity index (χ1n) is 43.0. The number of benzene rings is 6. The van der Waals surface area contributed by atoms with Gasteiger partial charge in [-0.05, 0) is 147 Å². The zero-order chi connectivity index (χ0) is 96.2. The van der Waals surface area contributed by atoms with E-state index in [0.717, 1.165) is 104 Å².